The van der Waals surface area contributed by atoms with Crippen LogP contribution in [0.2, 0.25) is 0 Å². The highest BCUT2D eigenvalue weighted by atomic mass is 17.1. The van der Waals surface area contributed by atoms with E-state index in [-0.39, 0.29) is 37.9 Å². The van der Waals surface area contributed by atoms with E-state index in [1.165, 1.54) is 77.0 Å². The van der Waals surface area contributed by atoms with Crippen molar-refractivity contribution in [3.63, 3.8) is 0 Å². The van der Waals surface area contributed by atoms with Gasteiger partial charge < -0.3 is 0 Å². The van der Waals surface area contributed by atoms with Gasteiger partial charge in [-0.3, -0.25) is 10.5 Å². The molecule has 0 aromatic carbocycles. The SMILES string of the molecule is CC(C)(C)C(CCCC1(C(C)(C)C2(CCCC(OO)(C(C)(C)C)C(C)(C)C)CCCCC2)CCCCC1)(OO)C(C)(C)C. The number of hydrogen-bond acceptors (Lipinski definition) is 4. The lowest BCUT2D eigenvalue weighted by Gasteiger charge is -2.62. The van der Waals surface area contributed by atoms with Gasteiger partial charge in [0.1, 0.15) is 11.2 Å². The van der Waals surface area contributed by atoms with Crippen molar-refractivity contribution in [3.8, 4) is 0 Å². The minimum absolute atomic E-state index is 0.179. The highest BCUT2D eigenvalue weighted by molar-refractivity contribution is 5.08. The van der Waals surface area contributed by atoms with Crippen molar-refractivity contribution in [3.05, 3.63) is 0 Å². The second-order valence-electron chi connectivity index (χ2n) is 19.9. The van der Waals surface area contributed by atoms with Crippen LogP contribution in [-0.2, 0) is 9.78 Å². The summed E-state index contributed by atoms with van der Waals surface area (Å²) in [5.74, 6) is 0. The van der Waals surface area contributed by atoms with Crippen LogP contribution in [0.15, 0.2) is 0 Å². The molecule has 0 radical (unpaired) electrons. The molecule has 2 aliphatic rings. The number of hydrogen-bond donors (Lipinski definition) is 2. The molecule has 0 unspecified atom stereocenters. The molecule has 0 aliphatic heterocycles. The Morgan fingerprint density at radius 1 is 0.442 bits per heavy atom. The van der Waals surface area contributed by atoms with Crippen molar-refractivity contribution in [2.75, 3.05) is 0 Å². The maximum Gasteiger partial charge on any atom is 0.113 e. The molecule has 0 heterocycles. The topological polar surface area (TPSA) is 58.9 Å². The smallest absolute Gasteiger partial charge is 0.113 e. The van der Waals surface area contributed by atoms with Gasteiger partial charge in [-0.25, -0.2) is 9.78 Å². The van der Waals surface area contributed by atoms with Crippen molar-refractivity contribution in [2.45, 2.75) is 211 Å². The Kier molecular flexibility index (Phi) is 12.3. The van der Waals surface area contributed by atoms with Gasteiger partial charge in [-0.2, -0.15) is 0 Å². The molecule has 2 N–H and O–H groups in total. The van der Waals surface area contributed by atoms with Gasteiger partial charge in [0.25, 0.3) is 0 Å². The van der Waals surface area contributed by atoms with Crippen LogP contribution in [0.4, 0.5) is 0 Å². The monoisotopic (exact) mass is 609 g/mol. The molecule has 0 bridgehead atoms. The standard InChI is InChI=1S/C39H76O4/c1-31(2,3)38(42-40,32(4,5)6)29-21-27-36(23-17-15-18-24-36)35(13,14)37(25-19-16-20-26-37)28-22-30-39(43-41,33(7,8)9)34(10,11)12/h40-41H,15-30H2,1-14H3. The molecule has 43 heavy (non-hydrogen) atoms. The first kappa shape index (κ1) is 39.0. The zero-order chi connectivity index (χ0) is 33.2. The zero-order valence-electron chi connectivity index (χ0n) is 31.5. The molecule has 0 amide bonds. The Balaban J connectivity index is 2.45. The summed E-state index contributed by atoms with van der Waals surface area (Å²) in [5, 5.41) is 20.8. The van der Waals surface area contributed by atoms with E-state index in [2.05, 4.69) is 96.9 Å². The molecule has 2 rings (SSSR count). The average molecular weight is 609 g/mol. The molecule has 256 valence electrons. The molecule has 0 spiro atoms. The van der Waals surface area contributed by atoms with E-state index in [4.69, 9.17) is 9.78 Å². The fourth-order valence-corrected chi connectivity index (χ4v) is 11.1. The van der Waals surface area contributed by atoms with Crippen LogP contribution in [-0.4, -0.2) is 21.7 Å². The van der Waals surface area contributed by atoms with E-state index < -0.39 is 11.2 Å². The summed E-state index contributed by atoms with van der Waals surface area (Å²) >= 11 is 0. The Labute approximate surface area is 268 Å². The first-order valence-corrected chi connectivity index (χ1v) is 18.1. The van der Waals surface area contributed by atoms with Gasteiger partial charge in [-0.05, 0) is 102 Å². The molecule has 2 saturated carbocycles. The fourth-order valence-electron chi connectivity index (χ4n) is 11.1. The van der Waals surface area contributed by atoms with Crippen LogP contribution in [0.3, 0.4) is 0 Å². The summed E-state index contributed by atoms with van der Waals surface area (Å²) in [6.07, 6.45) is 19.6. The summed E-state index contributed by atoms with van der Waals surface area (Å²) in [6, 6.07) is 0. The van der Waals surface area contributed by atoms with Crippen molar-refractivity contribution in [1.29, 1.82) is 0 Å². The van der Waals surface area contributed by atoms with Crippen molar-refractivity contribution < 1.29 is 20.3 Å². The lowest BCUT2D eigenvalue weighted by Crippen LogP contribution is -2.56. The van der Waals surface area contributed by atoms with Gasteiger partial charge in [0.15, 0.2) is 0 Å². The summed E-state index contributed by atoms with van der Waals surface area (Å²) in [7, 11) is 0. The zero-order valence-corrected chi connectivity index (χ0v) is 31.5. The van der Waals surface area contributed by atoms with Crippen LogP contribution in [0.5, 0.6) is 0 Å². The maximum atomic E-state index is 10.4. The van der Waals surface area contributed by atoms with Crippen LogP contribution >= 0.6 is 0 Å². The molecule has 0 aromatic rings. The molecule has 0 aromatic heterocycles. The van der Waals surface area contributed by atoms with Crippen molar-refractivity contribution >= 4 is 0 Å². The molecule has 4 heteroatoms. The molecule has 2 fully saturated rings. The largest absolute Gasteiger partial charge is 0.251 e. The van der Waals surface area contributed by atoms with E-state index in [0.29, 0.717) is 0 Å². The third kappa shape index (κ3) is 7.23. The third-order valence-corrected chi connectivity index (χ3v) is 13.8. The van der Waals surface area contributed by atoms with E-state index in [1.54, 1.807) is 0 Å². The highest BCUT2D eigenvalue weighted by Gasteiger charge is 2.58. The van der Waals surface area contributed by atoms with Crippen molar-refractivity contribution in [1.82, 2.24) is 0 Å². The minimum atomic E-state index is -0.601. The van der Waals surface area contributed by atoms with Gasteiger partial charge in [-0.15, -0.1) is 0 Å². The Bertz CT molecular complexity index is 748. The summed E-state index contributed by atoms with van der Waals surface area (Å²) in [6.45, 7) is 31.9. The summed E-state index contributed by atoms with van der Waals surface area (Å²) in [4.78, 5) is 11.1. The van der Waals surface area contributed by atoms with E-state index in [0.717, 1.165) is 25.7 Å². The molecular weight excluding hydrogens is 532 g/mol. The van der Waals surface area contributed by atoms with Crippen LogP contribution in [0.1, 0.15) is 200 Å². The molecule has 0 atom stereocenters. The first-order valence-electron chi connectivity index (χ1n) is 18.1. The maximum absolute atomic E-state index is 10.4. The minimum Gasteiger partial charge on any atom is -0.251 e. The van der Waals surface area contributed by atoms with Crippen LogP contribution in [0.25, 0.3) is 0 Å². The lowest BCUT2D eigenvalue weighted by atomic mass is 9.43. The predicted molar refractivity (Wildman–Crippen MR) is 183 cm³/mol. The first-order chi connectivity index (χ1) is 19.4. The average Bonchev–Trinajstić information content (AvgIpc) is 2.87. The Morgan fingerprint density at radius 3 is 0.907 bits per heavy atom. The normalized spacial score (nSPS) is 21.2. The summed E-state index contributed by atoms with van der Waals surface area (Å²) < 4.78 is 0. The second kappa shape index (κ2) is 13.5. The second-order valence-corrected chi connectivity index (χ2v) is 19.9. The van der Waals surface area contributed by atoms with Gasteiger partial charge in [0, 0.05) is 0 Å². The van der Waals surface area contributed by atoms with Crippen LogP contribution in [0, 0.1) is 37.9 Å². The summed E-state index contributed by atoms with van der Waals surface area (Å²) in [5.41, 5.74) is -1.15. The van der Waals surface area contributed by atoms with Gasteiger partial charge in [0.2, 0.25) is 0 Å². The van der Waals surface area contributed by atoms with Gasteiger partial charge in [-0.1, -0.05) is 135 Å². The lowest BCUT2D eigenvalue weighted by molar-refractivity contribution is -0.379. The molecular formula is C39H76O4. The number of rotatable bonds is 12. The van der Waals surface area contributed by atoms with Crippen molar-refractivity contribution in [2.24, 2.45) is 37.9 Å². The third-order valence-electron chi connectivity index (χ3n) is 13.8. The van der Waals surface area contributed by atoms with E-state index >= 15 is 0 Å². The Morgan fingerprint density at radius 2 is 0.698 bits per heavy atom. The highest BCUT2D eigenvalue weighted by Crippen LogP contribution is 2.66. The molecule has 2 aliphatic carbocycles. The fraction of sp³-hybridized carbons (Fsp3) is 1.00. The van der Waals surface area contributed by atoms with Gasteiger partial charge >= 0.3 is 0 Å². The van der Waals surface area contributed by atoms with E-state index in [1.807, 2.05) is 0 Å². The molecule has 0 saturated heterocycles. The predicted octanol–water partition coefficient (Wildman–Crippen LogP) is 12.9. The van der Waals surface area contributed by atoms with Crippen LogP contribution < -0.4 is 0 Å². The Hall–Kier alpha value is -0.160. The van der Waals surface area contributed by atoms with E-state index in [9.17, 15) is 10.5 Å². The van der Waals surface area contributed by atoms with Gasteiger partial charge in [0.05, 0.1) is 0 Å². The quantitative estimate of drug-likeness (QED) is 0.171. The molecule has 4 nitrogen and oxygen atoms in total.